The summed E-state index contributed by atoms with van der Waals surface area (Å²) < 4.78 is 26.3. The van der Waals surface area contributed by atoms with E-state index in [0.29, 0.717) is 57.0 Å². The van der Waals surface area contributed by atoms with Gasteiger partial charge in [-0.1, -0.05) is 12.1 Å². The first kappa shape index (κ1) is 28.7. The molecule has 232 valence electrons. The third-order valence-corrected chi connectivity index (χ3v) is 12.1. The fraction of sp³-hybridized carbons (Fsp3) is 0.581. The van der Waals surface area contributed by atoms with Crippen LogP contribution >= 0.6 is 0 Å². The Morgan fingerprint density at radius 1 is 0.907 bits per heavy atom. The Morgan fingerprint density at radius 3 is 2.21 bits per heavy atom. The molecule has 11 nitrogen and oxygen atoms in total. The van der Waals surface area contributed by atoms with Gasteiger partial charge in [-0.3, -0.25) is 0 Å². The van der Waals surface area contributed by atoms with Crippen LogP contribution in [0.1, 0.15) is 32.1 Å². The van der Waals surface area contributed by atoms with Crippen LogP contribution in [0.5, 0.6) is 0 Å². The molecule has 4 aliphatic carbocycles. The zero-order valence-corrected chi connectivity index (χ0v) is 25.3. The lowest BCUT2D eigenvalue weighted by molar-refractivity contribution is -0.137. The number of anilines is 4. The first-order chi connectivity index (χ1) is 20.7. The quantitative estimate of drug-likeness (QED) is 0.433. The number of carbonyl (C=O) groups excluding carboxylic acids is 1. The Balaban J connectivity index is 0.990. The number of aliphatic hydroxyl groups is 1. The van der Waals surface area contributed by atoms with Crippen molar-refractivity contribution in [3.05, 3.63) is 48.5 Å². The summed E-state index contributed by atoms with van der Waals surface area (Å²) in [6.45, 7) is 3.47. The summed E-state index contributed by atoms with van der Waals surface area (Å²) in [5.41, 5.74) is 8.84. The second-order valence-corrected chi connectivity index (χ2v) is 15.1. The summed E-state index contributed by atoms with van der Waals surface area (Å²) >= 11 is 0. The van der Waals surface area contributed by atoms with Gasteiger partial charge in [0.2, 0.25) is 10.0 Å². The zero-order chi connectivity index (χ0) is 29.8. The topological polar surface area (TPSA) is 132 Å². The maximum Gasteiger partial charge on any atom is 0.431 e. The molecule has 5 fully saturated rings. The minimum Gasteiger partial charge on any atom is -0.390 e. The Bertz CT molecular complexity index is 1430. The van der Waals surface area contributed by atoms with Gasteiger partial charge in [0, 0.05) is 56.7 Å². The number of sulfonamides is 1. The Labute approximate surface area is 253 Å². The van der Waals surface area contributed by atoms with Crippen molar-refractivity contribution in [2.75, 3.05) is 66.4 Å². The molecule has 1 amide bonds. The van der Waals surface area contributed by atoms with E-state index in [1.54, 1.807) is 5.06 Å². The number of fused-ring (bicyclic) bond motifs is 1. The average molecular weight is 611 g/mol. The lowest BCUT2D eigenvalue weighted by atomic mass is 9.52. The van der Waals surface area contributed by atoms with E-state index in [9.17, 15) is 18.3 Å². The number of hydrogen-bond acceptors (Lipinski definition) is 9. The van der Waals surface area contributed by atoms with E-state index in [-0.39, 0.29) is 18.3 Å². The number of benzene rings is 2. The van der Waals surface area contributed by atoms with Crippen molar-refractivity contribution in [2.45, 2.75) is 43.7 Å². The molecule has 4 bridgehead atoms. The molecule has 0 aromatic heterocycles. The smallest absolute Gasteiger partial charge is 0.390 e. The number of piperazine rings is 1. The van der Waals surface area contributed by atoms with Crippen molar-refractivity contribution in [2.24, 2.45) is 23.5 Å². The number of nitrogens with two attached hydrogens (primary N) is 1. The predicted octanol–water partition coefficient (Wildman–Crippen LogP) is 2.64. The monoisotopic (exact) mass is 610 g/mol. The molecule has 3 unspecified atom stereocenters. The molecule has 4 saturated carbocycles. The molecular weight excluding hydrogens is 568 g/mol. The Kier molecular flexibility index (Phi) is 7.43. The summed E-state index contributed by atoms with van der Waals surface area (Å²) in [6, 6.07) is 16.4. The molecule has 2 aromatic carbocycles. The van der Waals surface area contributed by atoms with Gasteiger partial charge in [0.15, 0.2) is 0 Å². The molecule has 8 rings (SSSR count). The summed E-state index contributed by atoms with van der Waals surface area (Å²) in [7, 11) is -3.29. The van der Waals surface area contributed by atoms with Gasteiger partial charge in [-0.15, -0.1) is 0 Å². The highest BCUT2D eigenvalue weighted by Crippen LogP contribution is 2.55. The zero-order valence-electron chi connectivity index (χ0n) is 24.5. The van der Waals surface area contributed by atoms with Crippen LogP contribution in [-0.4, -0.2) is 87.1 Å². The minimum atomic E-state index is -3.29. The standard InChI is InChI=1S/C31H42N6O5S/c32-9-16-43(40,41)35-12-10-34(11-13-35)25-5-7-26(8-6-25)36-14-15-37(28-4-2-1-3-27(28)36)42-30(38)33-29-23-17-22-18-24(29)21-31(39,19-22)20-23/h1-8,22-24,29,39H,9-21,32H2,(H,33,38)/t22?,23-,24+,29?,31?. The van der Waals surface area contributed by atoms with Crippen LogP contribution in [0.25, 0.3) is 0 Å². The lowest BCUT2D eigenvalue weighted by Gasteiger charge is -2.57. The number of nitrogens with one attached hydrogen (secondary N) is 1. The van der Waals surface area contributed by atoms with Gasteiger partial charge in [-0.05, 0) is 86.3 Å². The number of amides is 1. The summed E-state index contributed by atoms with van der Waals surface area (Å²) in [5, 5.41) is 15.8. The van der Waals surface area contributed by atoms with Crippen LogP contribution in [0, 0.1) is 17.8 Å². The van der Waals surface area contributed by atoms with Crippen LogP contribution in [0.3, 0.4) is 0 Å². The number of hydroxylamine groups is 1. The number of hydrogen-bond donors (Lipinski definition) is 3. The molecule has 2 aromatic rings. The van der Waals surface area contributed by atoms with Gasteiger partial charge in [0.1, 0.15) is 0 Å². The van der Waals surface area contributed by atoms with E-state index in [0.717, 1.165) is 54.9 Å². The van der Waals surface area contributed by atoms with Gasteiger partial charge >= 0.3 is 6.09 Å². The maximum absolute atomic E-state index is 13.1. The molecule has 5 atom stereocenters. The molecule has 4 N–H and O–H groups in total. The van der Waals surface area contributed by atoms with Crippen molar-refractivity contribution in [3.63, 3.8) is 0 Å². The lowest BCUT2D eigenvalue weighted by Crippen LogP contribution is -2.62. The molecular formula is C31H42N6O5S. The van der Waals surface area contributed by atoms with Gasteiger partial charge in [0.05, 0.1) is 29.3 Å². The Morgan fingerprint density at radius 2 is 1.56 bits per heavy atom. The van der Waals surface area contributed by atoms with Gasteiger partial charge in [-0.2, -0.15) is 4.31 Å². The van der Waals surface area contributed by atoms with E-state index in [2.05, 4.69) is 39.4 Å². The number of nitrogens with zero attached hydrogens (tertiary/aromatic N) is 4. The van der Waals surface area contributed by atoms with Crippen molar-refractivity contribution in [3.8, 4) is 0 Å². The van der Waals surface area contributed by atoms with E-state index in [1.165, 1.54) is 4.31 Å². The molecule has 12 heteroatoms. The molecule has 43 heavy (non-hydrogen) atoms. The minimum absolute atomic E-state index is 0.0147. The second kappa shape index (κ2) is 11.1. The number of rotatable bonds is 7. The van der Waals surface area contributed by atoms with Crippen molar-refractivity contribution < 1.29 is 23.2 Å². The normalized spacial score (nSPS) is 30.3. The third-order valence-electron chi connectivity index (χ3n) is 10.2. The fourth-order valence-electron chi connectivity index (χ4n) is 8.52. The fourth-order valence-corrected chi connectivity index (χ4v) is 9.80. The van der Waals surface area contributed by atoms with E-state index >= 15 is 0 Å². The summed E-state index contributed by atoms with van der Waals surface area (Å²) in [5.74, 6) is 1.22. The summed E-state index contributed by atoms with van der Waals surface area (Å²) in [6.07, 6.45) is 4.21. The van der Waals surface area contributed by atoms with Crippen LogP contribution < -0.4 is 25.9 Å². The second-order valence-electron chi connectivity index (χ2n) is 13.0. The molecule has 2 aliphatic heterocycles. The van der Waals surface area contributed by atoms with E-state index in [4.69, 9.17) is 10.6 Å². The van der Waals surface area contributed by atoms with E-state index < -0.39 is 21.7 Å². The van der Waals surface area contributed by atoms with Gasteiger partial charge in [-0.25, -0.2) is 18.3 Å². The summed E-state index contributed by atoms with van der Waals surface area (Å²) in [4.78, 5) is 23.5. The van der Waals surface area contributed by atoms with Crippen LogP contribution in [0.2, 0.25) is 0 Å². The molecule has 2 heterocycles. The SMILES string of the molecule is NCCS(=O)(=O)N1CCN(c2ccc(N3CCN(OC(=O)NC4[C@@H]5CC6C[C@H]4CC(O)(C6)C5)c4ccccc43)cc2)CC1. The van der Waals surface area contributed by atoms with Crippen LogP contribution in [0.15, 0.2) is 48.5 Å². The highest BCUT2D eigenvalue weighted by atomic mass is 32.2. The van der Waals surface area contributed by atoms with Crippen LogP contribution in [0.4, 0.5) is 27.5 Å². The first-order valence-electron chi connectivity index (χ1n) is 15.6. The Hall–Kier alpha value is -3.06. The third kappa shape index (κ3) is 5.54. The highest BCUT2D eigenvalue weighted by Gasteiger charge is 2.55. The van der Waals surface area contributed by atoms with Crippen molar-refractivity contribution >= 4 is 38.9 Å². The van der Waals surface area contributed by atoms with Gasteiger partial charge in [0.25, 0.3) is 0 Å². The number of carbonyl (C=O) groups is 1. The first-order valence-corrected chi connectivity index (χ1v) is 17.2. The number of para-hydroxylation sites is 2. The highest BCUT2D eigenvalue weighted by molar-refractivity contribution is 7.89. The van der Waals surface area contributed by atoms with Crippen LogP contribution in [-0.2, 0) is 14.9 Å². The van der Waals surface area contributed by atoms with E-state index in [1.807, 2.05) is 24.3 Å². The van der Waals surface area contributed by atoms with Crippen molar-refractivity contribution in [1.29, 1.82) is 0 Å². The molecule has 6 aliphatic rings. The maximum atomic E-state index is 13.1. The van der Waals surface area contributed by atoms with Gasteiger partial charge < -0.3 is 30.8 Å². The molecule has 1 saturated heterocycles. The predicted molar refractivity (Wildman–Crippen MR) is 166 cm³/mol. The largest absolute Gasteiger partial charge is 0.431 e. The average Bonchev–Trinajstić information content (AvgIpc) is 2.99. The molecule has 0 radical (unpaired) electrons. The van der Waals surface area contributed by atoms with Crippen molar-refractivity contribution in [1.82, 2.24) is 9.62 Å². The molecule has 0 spiro atoms.